The summed E-state index contributed by atoms with van der Waals surface area (Å²) in [7, 11) is 1.97. The molecule has 0 aliphatic carbocycles. The van der Waals surface area contributed by atoms with Gasteiger partial charge in [-0.05, 0) is 63.4 Å². The second-order valence-electron chi connectivity index (χ2n) is 4.66. The Morgan fingerprint density at radius 3 is 2.63 bits per heavy atom. The van der Waals surface area contributed by atoms with Gasteiger partial charge in [-0.1, -0.05) is 6.07 Å². The average Bonchev–Trinajstić information content (AvgIpc) is 2.71. The molecule has 0 amide bonds. The normalized spacial score (nSPS) is 12.7. The van der Waals surface area contributed by atoms with Crippen molar-refractivity contribution < 1.29 is 0 Å². The minimum atomic E-state index is 0.288. The molecule has 1 atom stereocenters. The number of halogens is 2. The number of rotatable bonds is 4. The molecular formula is C14H17Br2N3. The van der Waals surface area contributed by atoms with E-state index in [1.807, 2.05) is 17.9 Å². The minimum absolute atomic E-state index is 0.288. The Bertz CT molecular complexity index is 578. The summed E-state index contributed by atoms with van der Waals surface area (Å²) in [6.45, 7) is 5.09. The van der Waals surface area contributed by atoms with Gasteiger partial charge in [-0.3, -0.25) is 4.68 Å². The van der Waals surface area contributed by atoms with Gasteiger partial charge < -0.3 is 5.32 Å². The Balaban J connectivity index is 2.02. The van der Waals surface area contributed by atoms with Gasteiger partial charge in [0.1, 0.15) is 0 Å². The zero-order valence-electron chi connectivity index (χ0n) is 11.2. The van der Waals surface area contributed by atoms with Crippen LogP contribution < -0.4 is 5.32 Å². The van der Waals surface area contributed by atoms with Crippen LogP contribution in [0.2, 0.25) is 0 Å². The van der Waals surface area contributed by atoms with E-state index in [9.17, 15) is 0 Å². The van der Waals surface area contributed by atoms with Crippen molar-refractivity contribution in [2.75, 3.05) is 0 Å². The molecule has 0 saturated heterocycles. The van der Waals surface area contributed by atoms with E-state index in [0.717, 1.165) is 15.5 Å². The first-order valence-electron chi connectivity index (χ1n) is 6.15. The predicted molar refractivity (Wildman–Crippen MR) is 85.0 cm³/mol. The number of hydrogen-bond acceptors (Lipinski definition) is 2. The van der Waals surface area contributed by atoms with Crippen LogP contribution >= 0.6 is 31.9 Å². The Hall–Kier alpha value is -0.650. The summed E-state index contributed by atoms with van der Waals surface area (Å²) in [5.74, 6) is 0. The van der Waals surface area contributed by atoms with E-state index in [1.54, 1.807) is 0 Å². The van der Waals surface area contributed by atoms with Crippen molar-refractivity contribution in [1.29, 1.82) is 0 Å². The molecule has 3 nitrogen and oxygen atoms in total. The molecular weight excluding hydrogens is 370 g/mol. The Kier molecular flexibility index (Phi) is 4.81. The molecule has 0 aliphatic heterocycles. The first-order chi connectivity index (χ1) is 8.99. The lowest BCUT2D eigenvalue weighted by molar-refractivity contribution is 0.570. The lowest BCUT2D eigenvalue weighted by Gasteiger charge is -2.14. The highest BCUT2D eigenvalue weighted by atomic mass is 79.9. The molecule has 5 heteroatoms. The van der Waals surface area contributed by atoms with Crippen LogP contribution in [-0.2, 0) is 13.6 Å². The summed E-state index contributed by atoms with van der Waals surface area (Å²) in [4.78, 5) is 0. The first-order valence-corrected chi connectivity index (χ1v) is 7.73. The Morgan fingerprint density at radius 2 is 2.05 bits per heavy atom. The second kappa shape index (κ2) is 6.20. The summed E-state index contributed by atoms with van der Waals surface area (Å²) in [5, 5.41) is 7.81. The smallest absolute Gasteiger partial charge is 0.0540 e. The van der Waals surface area contributed by atoms with Crippen molar-refractivity contribution >= 4 is 31.9 Å². The molecule has 2 rings (SSSR count). The summed E-state index contributed by atoms with van der Waals surface area (Å²) in [6.07, 6.45) is 1.94. The van der Waals surface area contributed by atoms with Gasteiger partial charge in [0.25, 0.3) is 0 Å². The highest BCUT2D eigenvalue weighted by Gasteiger charge is 2.11. The van der Waals surface area contributed by atoms with Crippen LogP contribution in [0.15, 0.2) is 33.3 Å². The number of nitrogens with zero attached hydrogens (tertiary/aromatic N) is 2. The summed E-state index contributed by atoms with van der Waals surface area (Å²) < 4.78 is 4.06. The molecule has 0 radical (unpaired) electrons. The van der Waals surface area contributed by atoms with Gasteiger partial charge in [-0.15, -0.1) is 0 Å². The molecule has 1 heterocycles. The van der Waals surface area contributed by atoms with E-state index in [2.05, 4.69) is 74.3 Å². The molecule has 1 unspecified atom stereocenters. The fourth-order valence-electron chi connectivity index (χ4n) is 1.97. The maximum Gasteiger partial charge on any atom is 0.0540 e. The van der Waals surface area contributed by atoms with Crippen molar-refractivity contribution in [3.8, 4) is 0 Å². The average molecular weight is 387 g/mol. The third-order valence-electron chi connectivity index (χ3n) is 3.34. The molecule has 1 aromatic carbocycles. The summed E-state index contributed by atoms with van der Waals surface area (Å²) in [5.41, 5.74) is 3.71. The van der Waals surface area contributed by atoms with Crippen LogP contribution in [0.4, 0.5) is 0 Å². The molecule has 0 fully saturated rings. The van der Waals surface area contributed by atoms with E-state index in [0.29, 0.717) is 0 Å². The molecule has 0 bridgehead atoms. The zero-order valence-corrected chi connectivity index (χ0v) is 14.4. The molecule has 0 saturated carbocycles. The number of nitrogens with one attached hydrogen (secondary N) is 1. The molecule has 0 spiro atoms. The molecule has 19 heavy (non-hydrogen) atoms. The van der Waals surface area contributed by atoms with E-state index >= 15 is 0 Å². The van der Waals surface area contributed by atoms with E-state index < -0.39 is 0 Å². The third kappa shape index (κ3) is 3.46. The van der Waals surface area contributed by atoms with Gasteiger partial charge in [0.15, 0.2) is 0 Å². The number of aromatic nitrogens is 2. The SMILES string of the molecule is Cc1c(C(C)NCc2ccc(Br)c(Br)c2)cnn1C. The topological polar surface area (TPSA) is 29.9 Å². The number of benzene rings is 1. The quantitative estimate of drug-likeness (QED) is 0.856. The van der Waals surface area contributed by atoms with Gasteiger partial charge in [0.2, 0.25) is 0 Å². The van der Waals surface area contributed by atoms with Gasteiger partial charge in [0.05, 0.1) is 6.20 Å². The lowest BCUT2D eigenvalue weighted by Crippen LogP contribution is -2.18. The lowest BCUT2D eigenvalue weighted by atomic mass is 10.1. The highest BCUT2D eigenvalue weighted by molar-refractivity contribution is 9.13. The van der Waals surface area contributed by atoms with E-state index in [-0.39, 0.29) is 6.04 Å². The number of aryl methyl sites for hydroxylation is 1. The maximum absolute atomic E-state index is 4.28. The van der Waals surface area contributed by atoms with Crippen LogP contribution in [0.1, 0.15) is 29.8 Å². The number of hydrogen-bond donors (Lipinski definition) is 1. The van der Waals surface area contributed by atoms with Crippen LogP contribution in [0.25, 0.3) is 0 Å². The molecule has 102 valence electrons. The van der Waals surface area contributed by atoms with Crippen molar-refractivity contribution in [3.63, 3.8) is 0 Å². The van der Waals surface area contributed by atoms with Crippen molar-refractivity contribution in [2.45, 2.75) is 26.4 Å². The largest absolute Gasteiger partial charge is 0.306 e. The van der Waals surface area contributed by atoms with E-state index in [4.69, 9.17) is 0 Å². The standard InChI is InChI=1S/C14H17Br2N3/c1-9(12-8-18-19(3)10(12)2)17-7-11-4-5-13(15)14(16)6-11/h4-6,8-9,17H,7H2,1-3H3. The van der Waals surface area contributed by atoms with Gasteiger partial charge in [0, 0.05) is 39.8 Å². The minimum Gasteiger partial charge on any atom is -0.306 e. The maximum atomic E-state index is 4.28. The van der Waals surface area contributed by atoms with Gasteiger partial charge in [-0.25, -0.2) is 0 Å². The third-order valence-corrected chi connectivity index (χ3v) is 5.22. The monoisotopic (exact) mass is 385 g/mol. The summed E-state index contributed by atoms with van der Waals surface area (Å²) in [6, 6.07) is 6.59. The molecule has 1 N–H and O–H groups in total. The molecule has 1 aromatic heterocycles. The highest BCUT2D eigenvalue weighted by Crippen LogP contribution is 2.24. The Morgan fingerprint density at radius 1 is 1.32 bits per heavy atom. The fourth-order valence-corrected chi connectivity index (χ4v) is 2.64. The Labute approximate surface area is 130 Å². The zero-order chi connectivity index (χ0) is 14.0. The summed E-state index contributed by atoms with van der Waals surface area (Å²) >= 11 is 7.01. The second-order valence-corrected chi connectivity index (χ2v) is 6.37. The van der Waals surface area contributed by atoms with Crippen LogP contribution in [0.5, 0.6) is 0 Å². The van der Waals surface area contributed by atoms with Crippen molar-refractivity contribution in [3.05, 3.63) is 50.2 Å². The fraction of sp³-hybridized carbons (Fsp3) is 0.357. The van der Waals surface area contributed by atoms with Crippen LogP contribution in [-0.4, -0.2) is 9.78 Å². The van der Waals surface area contributed by atoms with Crippen molar-refractivity contribution in [1.82, 2.24) is 15.1 Å². The predicted octanol–water partition coefficient (Wildman–Crippen LogP) is 4.10. The molecule has 2 aromatic rings. The molecule has 0 aliphatic rings. The van der Waals surface area contributed by atoms with Crippen molar-refractivity contribution in [2.24, 2.45) is 7.05 Å². The van der Waals surface area contributed by atoms with Crippen LogP contribution in [0, 0.1) is 6.92 Å². The van der Waals surface area contributed by atoms with Crippen LogP contribution in [0.3, 0.4) is 0 Å². The van der Waals surface area contributed by atoms with E-state index in [1.165, 1.54) is 16.8 Å². The van der Waals surface area contributed by atoms with Gasteiger partial charge in [-0.2, -0.15) is 5.10 Å². The first kappa shape index (κ1) is 14.8. The van der Waals surface area contributed by atoms with Gasteiger partial charge >= 0.3 is 0 Å².